The summed E-state index contributed by atoms with van der Waals surface area (Å²) in [6.45, 7) is 10.0. The highest BCUT2D eigenvalue weighted by molar-refractivity contribution is 5.13. The van der Waals surface area contributed by atoms with Gasteiger partial charge in [-0.05, 0) is 110 Å². The zero-order valence-corrected chi connectivity index (χ0v) is 19.3. The summed E-state index contributed by atoms with van der Waals surface area (Å²) in [5.74, 6) is 3.97. The number of aliphatic hydroxyl groups excluding tert-OH is 3. The first-order chi connectivity index (χ1) is 13.8. The molecule has 4 saturated carbocycles. The lowest BCUT2D eigenvalue weighted by Crippen LogP contribution is -2.62. The van der Waals surface area contributed by atoms with E-state index in [0.29, 0.717) is 52.9 Å². The summed E-state index contributed by atoms with van der Waals surface area (Å²) >= 11 is 0. The second kappa shape index (κ2) is 8.10. The fourth-order valence-corrected chi connectivity index (χ4v) is 9.55. The molecule has 0 radical (unpaired) electrons. The van der Waals surface area contributed by atoms with E-state index in [1.807, 2.05) is 0 Å². The third-order valence-corrected chi connectivity index (χ3v) is 11.0. The summed E-state index contributed by atoms with van der Waals surface area (Å²) in [7, 11) is 0. The van der Waals surface area contributed by atoms with Crippen molar-refractivity contribution in [3.63, 3.8) is 0 Å². The zero-order chi connectivity index (χ0) is 21.0. The van der Waals surface area contributed by atoms with Gasteiger partial charge in [-0.1, -0.05) is 34.1 Å². The molecule has 4 aliphatic carbocycles. The Morgan fingerprint density at radius 1 is 0.931 bits per heavy atom. The van der Waals surface area contributed by atoms with E-state index in [1.54, 1.807) is 0 Å². The highest BCUT2D eigenvalue weighted by Crippen LogP contribution is 2.69. The quantitative estimate of drug-likeness (QED) is 0.601. The zero-order valence-electron chi connectivity index (χ0n) is 19.3. The molecule has 3 heteroatoms. The van der Waals surface area contributed by atoms with Crippen LogP contribution in [0, 0.1) is 52.3 Å². The molecular formula is C26H46O3. The minimum atomic E-state index is -0.190. The molecule has 4 fully saturated rings. The summed E-state index contributed by atoms with van der Waals surface area (Å²) in [6.07, 6.45) is 10.9. The van der Waals surface area contributed by atoms with Gasteiger partial charge < -0.3 is 15.3 Å². The molecular weight excluding hydrogens is 360 g/mol. The molecule has 0 saturated heterocycles. The third kappa shape index (κ3) is 3.33. The number of hydrogen-bond acceptors (Lipinski definition) is 3. The summed E-state index contributed by atoms with van der Waals surface area (Å²) in [6, 6.07) is 0. The van der Waals surface area contributed by atoms with Gasteiger partial charge in [-0.2, -0.15) is 0 Å². The van der Waals surface area contributed by atoms with Crippen molar-refractivity contribution in [2.45, 2.75) is 104 Å². The Bertz CT molecular complexity index is 578. The highest BCUT2D eigenvalue weighted by atomic mass is 16.3. The van der Waals surface area contributed by atoms with Gasteiger partial charge in [0.1, 0.15) is 0 Å². The number of aliphatic hydroxyl groups is 3. The second-order valence-corrected chi connectivity index (χ2v) is 12.0. The average molecular weight is 407 g/mol. The van der Waals surface area contributed by atoms with Gasteiger partial charge in [0.05, 0.1) is 12.2 Å². The van der Waals surface area contributed by atoms with Crippen LogP contribution in [-0.4, -0.2) is 34.1 Å². The smallest absolute Gasteiger partial charge is 0.0605 e. The topological polar surface area (TPSA) is 60.7 Å². The molecule has 0 amide bonds. The third-order valence-electron chi connectivity index (χ3n) is 11.0. The van der Waals surface area contributed by atoms with E-state index in [-0.39, 0.29) is 12.2 Å². The minimum Gasteiger partial charge on any atom is -0.396 e. The Balaban J connectivity index is 1.63. The Labute approximate surface area is 178 Å². The van der Waals surface area contributed by atoms with Gasteiger partial charge in [-0.3, -0.25) is 0 Å². The highest BCUT2D eigenvalue weighted by Gasteiger charge is 2.64. The molecule has 3 N–H and O–H groups in total. The van der Waals surface area contributed by atoms with Crippen molar-refractivity contribution < 1.29 is 15.3 Å². The van der Waals surface area contributed by atoms with E-state index in [4.69, 9.17) is 0 Å². The van der Waals surface area contributed by atoms with E-state index >= 15 is 0 Å². The van der Waals surface area contributed by atoms with E-state index in [9.17, 15) is 15.3 Å². The molecule has 4 unspecified atom stereocenters. The number of rotatable bonds is 5. The van der Waals surface area contributed by atoms with Crippen LogP contribution < -0.4 is 0 Å². The lowest BCUT2D eigenvalue weighted by molar-refractivity contribution is -0.203. The van der Waals surface area contributed by atoms with Crippen molar-refractivity contribution in [3.8, 4) is 0 Å². The second-order valence-electron chi connectivity index (χ2n) is 12.0. The van der Waals surface area contributed by atoms with Crippen LogP contribution in [0.2, 0.25) is 0 Å². The average Bonchev–Trinajstić information content (AvgIpc) is 3.05. The van der Waals surface area contributed by atoms with Crippen molar-refractivity contribution in [1.82, 2.24) is 0 Å². The maximum Gasteiger partial charge on any atom is 0.0605 e. The van der Waals surface area contributed by atoms with Crippen molar-refractivity contribution >= 4 is 0 Å². The Morgan fingerprint density at radius 3 is 2.31 bits per heavy atom. The standard InChI is InChI=1S/C26H46O3/c1-5-18-22-15-17(28)10-12-26(22,4)21-11-13-25(3)19(16(2)7-6-14-27)8-9-20(25)23(21)24(18)29/h16-24,27-29H,5-15H2,1-4H3/t16-,17+,18+,19-,20?,21?,22+,23?,24+,25?,26-/m1/s1. The molecule has 4 aliphatic rings. The maximum atomic E-state index is 11.7. The van der Waals surface area contributed by atoms with Gasteiger partial charge in [0.2, 0.25) is 0 Å². The fraction of sp³-hybridized carbons (Fsp3) is 1.00. The Hall–Kier alpha value is -0.120. The van der Waals surface area contributed by atoms with Crippen molar-refractivity contribution in [2.75, 3.05) is 6.61 Å². The molecule has 3 nitrogen and oxygen atoms in total. The van der Waals surface area contributed by atoms with Crippen LogP contribution in [0.3, 0.4) is 0 Å². The van der Waals surface area contributed by atoms with E-state index in [2.05, 4.69) is 27.7 Å². The summed E-state index contributed by atoms with van der Waals surface area (Å²) in [5.41, 5.74) is 0.651. The van der Waals surface area contributed by atoms with E-state index in [1.165, 1.54) is 25.7 Å². The lowest BCUT2D eigenvalue weighted by atomic mass is 9.41. The Morgan fingerprint density at radius 2 is 1.62 bits per heavy atom. The van der Waals surface area contributed by atoms with Crippen molar-refractivity contribution in [3.05, 3.63) is 0 Å². The molecule has 0 spiro atoms. The van der Waals surface area contributed by atoms with E-state index in [0.717, 1.165) is 44.4 Å². The van der Waals surface area contributed by atoms with Crippen molar-refractivity contribution in [1.29, 1.82) is 0 Å². The molecule has 0 aromatic carbocycles. The molecule has 0 heterocycles. The van der Waals surface area contributed by atoms with Gasteiger partial charge in [-0.25, -0.2) is 0 Å². The molecule has 168 valence electrons. The lowest BCUT2D eigenvalue weighted by Gasteiger charge is -2.64. The van der Waals surface area contributed by atoms with Crippen LogP contribution >= 0.6 is 0 Å². The van der Waals surface area contributed by atoms with E-state index < -0.39 is 0 Å². The van der Waals surface area contributed by atoms with Crippen LogP contribution in [0.5, 0.6) is 0 Å². The maximum absolute atomic E-state index is 11.7. The predicted molar refractivity (Wildman–Crippen MR) is 117 cm³/mol. The summed E-state index contributed by atoms with van der Waals surface area (Å²) < 4.78 is 0. The van der Waals surface area contributed by atoms with Gasteiger partial charge >= 0.3 is 0 Å². The first-order valence-electron chi connectivity index (χ1n) is 12.7. The van der Waals surface area contributed by atoms with Crippen LogP contribution in [0.1, 0.15) is 91.9 Å². The fourth-order valence-electron chi connectivity index (χ4n) is 9.55. The van der Waals surface area contributed by atoms with Crippen LogP contribution in [0.4, 0.5) is 0 Å². The molecule has 29 heavy (non-hydrogen) atoms. The van der Waals surface area contributed by atoms with Gasteiger partial charge in [0, 0.05) is 6.61 Å². The van der Waals surface area contributed by atoms with Crippen molar-refractivity contribution in [2.24, 2.45) is 52.3 Å². The first kappa shape index (κ1) is 22.1. The molecule has 0 aliphatic heterocycles. The minimum absolute atomic E-state index is 0.164. The number of hydrogen-bond donors (Lipinski definition) is 3. The first-order valence-corrected chi connectivity index (χ1v) is 12.7. The number of fused-ring (bicyclic) bond motifs is 5. The molecule has 0 bridgehead atoms. The molecule has 4 rings (SSSR count). The monoisotopic (exact) mass is 406 g/mol. The summed E-state index contributed by atoms with van der Waals surface area (Å²) in [5, 5.41) is 31.4. The summed E-state index contributed by atoms with van der Waals surface area (Å²) in [4.78, 5) is 0. The Kier molecular flexibility index (Phi) is 6.17. The van der Waals surface area contributed by atoms with Crippen LogP contribution in [0.25, 0.3) is 0 Å². The van der Waals surface area contributed by atoms with Gasteiger partial charge in [0.25, 0.3) is 0 Å². The molecule has 11 atom stereocenters. The van der Waals surface area contributed by atoms with Gasteiger partial charge in [0.15, 0.2) is 0 Å². The molecule has 0 aromatic rings. The molecule has 0 aromatic heterocycles. The largest absolute Gasteiger partial charge is 0.396 e. The van der Waals surface area contributed by atoms with Gasteiger partial charge in [-0.15, -0.1) is 0 Å². The van der Waals surface area contributed by atoms with Crippen LogP contribution in [-0.2, 0) is 0 Å². The van der Waals surface area contributed by atoms with Crippen LogP contribution in [0.15, 0.2) is 0 Å². The normalized spacial score (nSPS) is 53.1. The predicted octanol–water partition coefficient (Wildman–Crippen LogP) is 5.02. The SMILES string of the molecule is CC[C@@H]1[C@H](O)C2C3CC[C@H]([C@H](C)CCCO)C3(C)CCC2[C@@]2(C)CC[C@H](O)C[C@@H]12.